The Kier molecular flexibility index (Phi) is 8.37. The lowest BCUT2D eigenvalue weighted by Gasteiger charge is -2.58. The Balaban J connectivity index is 1.17. The van der Waals surface area contributed by atoms with Crippen LogP contribution in [0.3, 0.4) is 0 Å². The van der Waals surface area contributed by atoms with Crippen molar-refractivity contribution in [2.45, 2.75) is 87.1 Å². The number of phenols is 1. The fraction of sp³-hybridized carbons (Fsp3) is 0.465. The molecule has 0 saturated carbocycles. The predicted molar refractivity (Wildman–Crippen MR) is 210 cm³/mol. The molecular formula is C43H44N4O10S. The molecular weight excluding hydrogens is 765 g/mol. The average molecular weight is 809 g/mol. The third-order valence-corrected chi connectivity index (χ3v) is 14.5. The number of nitrogens with one attached hydrogen (secondary N) is 1. The van der Waals surface area contributed by atoms with Gasteiger partial charge in [-0.05, 0) is 56.7 Å². The summed E-state index contributed by atoms with van der Waals surface area (Å²) in [5.41, 5.74) is 4.11. The van der Waals surface area contributed by atoms with Crippen molar-refractivity contribution in [3.05, 3.63) is 75.0 Å². The van der Waals surface area contributed by atoms with Crippen LogP contribution in [0.15, 0.2) is 34.7 Å². The lowest BCUT2D eigenvalue weighted by atomic mass is 9.72. The van der Waals surface area contributed by atoms with Crippen molar-refractivity contribution >= 4 is 34.7 Å². The van der Waals surface area contributed by atoms with Crippen molar-refractivity contribution in [3.8, 4) is 34.8 Å². The minimum atomic E-state index is -1.09. The van der Waals surface area contributed by atoms with Crippen LogP contribution in [0.1, 0.15) is 88.3 Å². The molecule has 58 heavy (non-hydrogen) atoms. The summed E-state index contributed by atoms with van der Waals surface area (Å²) in [5, 5.41) is 37.5. The molecule has 0 radical (unpaired) electrons. The molecule has 6 aliphatic heterocycles. The minimum Gasteiger partial charge on any atom is -0.504 e. The molecule has 2 bridgehead atoms. The van der Waals surface area contributed by atoms with E-state index in [1.54, 1.807) is 18.9 Å². The number of piperazine rings is 1. The molecule has 0 amide bonds. The van der Waals surface area contributed by atoms with Gasteiger partial charge in [0.15, 0.2) is 29.0 Å². The number of aliphatic hydroxyl groups is 1. The first-order chi connectivity index (χ1) is 27.9. The average Bonchev–Trinajstić information content (AvgIpc) is 3.96. The number of esters is 2. The highest BCUT2D eigenvalue weighted by molar-refractivity contribution is 7.98. The second-order valence-electron chi connectivity index (χ2n) is 16.5. The summed E-state index contributed by atoms with van der Waals surface area (Å²) in [4.78, 5) is 32.0. The zero-order valence-electron chi connectivity index (χ0n) is 33.0. The molecule has 8 atom stereocenters. The molecule has 0 spiro atoms. The summed E-state index contributed by atoms with van der Waals surface area (Å²) >= 11 is 1.55. The Hall–Kier alpha value is -4.98. The van der Waals surface area contributed by atoms with Crippen LogP contribution in [0.4, 0.5) is 0 Å². The Labute approximate surface area is 338 Å². The van der Waals surface area contributed by atoms with Crippen molar-refractivity contribution < 1.29 is 47.9 Å². The summed E-state index contributed by atoms with van der Waals surface area (Å²) in [6, 6.07) is 9.20. The smallest absolute Gasteiger partial charge is 0.331 e. The van der Waals surface area contributed by atoms with Gasteiger partial charge in [0.25, 0.3) is 0 Å². The molecule has 1 aromatic heterocycles. The fourth-order valence-corrected chi connectivity index (χ4v) is 12.4. The maximum atomic E-state index is 14.5. The summed E-state index contributed by atoms with van der Waals surface area (Å²) in [7, 11) is 1.54. The van der Waals surface area contributed by atoms with Crippen molar-refractivity contribution in [3.63, 3.8) is 0 Å². The topological polar surface area (TPSA) is 176 Å². The number of aromatic hydroxyl groups is 1. The second-order valence-corrected chi connectivity index (χ2v) is 17.4. The number of para-hydroxylation sites is 1. The van der Waals surface area contributed by atoms with Gasteiger partial charge in [-0.15, -0.1) is 0 Å². The number of aliphatic hydroxyl groups excluding tert-OH is 1. The monoisotopic (exact) mass is 808 g/mol. The van der Waals surface area contributed by atoms with Crippen LogP contribution in [-0.4, -0.2) is 89.5 Å². The van der Waals surface area contributed by atoms with E-state index < -0.39 is 58.5 Å². The Bertz CT molecular complexity index is 2500. The van der Waals surface area contributed by atoms with E-state index >= 15 is 0 Å². The molecule has 2 unspecified atom stereocenters. The van der Waals surface area contributed by atoms with Crippen LogP contribution in [0, 0.1) is 25.2 Å². The van der Waals surface area contributed by atoms with Gasteiger partial charge in [0.1, 0.15) is 29.2 Å². The minimum absolute atomic E-state index is 0.0571. The van der Waals surface area contributed by atoms with Crippen LogP contribution >= 0.6 is 11.8 Å². The number of nitriles is 1. The first-order valence-corrected chi connectivity index (χ1v) is 20.8. The molecule has 2 saturated heterocycles. The number of carbonyl (C=O) groups is 2. The van der Waals surface area contributed by atoms with Gasteiger partial charge in [-0.3, -0.25) is 19.9 Å². The molecule has 14 nitrogen and oxygen atoms in total. The van der Waals surface area contributed by atoms with E-state index in [4.69, 9.17) is 28.1 Å². The van der Waals surface area contributed by atoms with Crippen molar-refractivity contribution in [1.29, 1.82) is 5.26 Å². The van der Waals surface area contributed by atoms with Gasteiger partial charge in [0, 0.05) is 70.7 Å². The zero-order chi connectivity index (χ0) is 40.6. The van der Waals surface area contributed by atoms with Gasteiger partial charge in [0.2, 0.25) is 6.79 Å². The third-order valence-electron chi connectivity index (χ3n) is 13.5. The van der Waals surface area contributed by atoms with Crippen molar-refractivity contribution in [2.75, 3.05) is 39.9 Å². The van der Waals surface area contributed by atoms with Gasteiger partial charge >= 0.3 is 11.9 Å². The predicted octanol–water partition coefficient (Wildman–Crippen LogP) is 5.29. The Morgan fingerprint density at radius 1 is 1.14 bits per heavy atom. The Morgan fingerprint density at radius 3 is 2.64 bits per heavy atom. The number of hydrogen-bond acceptors (Lipinski definition) is 15. The van der Waals surface area contributed by atoms with Crippen LogP contribution in [-0.2, 0) is 26.3 Å². The number of benzene rings is 3. The molecule has 10 rings (SSSR count). The number of methoxy groups -OCH3 is 1. The number of hydrogen-bond donors (Lipinski definition) is 3. The highest BCUT2D eigenvalue weighted by Gasteiger charge is 2.72. The van der Waals surface area contributed by atoms with Crippen molar-refractivity contribution in [1.82, 2.24) is 15.1 Å². The molecule has 2 fully saturated rings. The molecule has 302 valence electrons. The van der Waals surface area contributed by atoms with E-state index in [9.17, 15) is 25.1 Å². The van der Waals surface area contributed by atoms with E-state index in [-0.39, 0.29) is 25.8 Å². The second kappa shape index (κ2) is 13.0. The number of rotatable bonds is 7. The lowest BCUT2D eigenvalue weighted by molar-refractivity contribution is -0.152. The summed E-state index contributed by atoms with van der Waals surface area (Å²) in [6.07, 6.45) is 2.85. The van der Waals surface area contributed by atoms with E-state index in [1.807, 2.05) is 44.4 Å². The number of thioether (sulfide) groups is 1. The third kappa shape index (κ3) is 4.80. The maximum absolute atomic E-state index is 14.5. The Morgan fingerprint density at radius 2 is 1.91 bits per heavy atom. The number of phenolic OH excluding ortho intramolecular Hbond substituents is 1. The van der Waals surface area contributed by atoms with Gasteiger partial charge < -0.3 is 38.3 Å². The summed E-state index contributed by atoms with van der Waals surface area (Å²) < 4.78 is 36.9. The first kappa shape index (κ1) is 37.3. The largest absolute Gasteiger partial charge is 0.504 e. The quantitative estimate of drug-likeness (QED) is 0.162. The van der Waals surface area contributed by atoms with E-state index in [0.717, 1.165) is 27.6 Å². The van der Waals surface area contributed by atoms with Gasteiger partial charge in [0.05, 0.1) is 37.1 Å². The molecule has 15 heteroatoms. The van der Waals surface area contributed by atoms with E-state index in [0.29, 0.717) is 70.4 Å². The fourth-order valence-electron chi connectivity index (χ4n) is 11.4. The van der Waals surface area contributed by atoms with E-state index in [1.165, 1.54) is 6.92 Å². The zero-order valence-corrected chi connectivity index (χ0v) is 33.8. The van der Waals surface area contributed by atoms with Crippen LogP contribution in [0.25, 0.3) is 11.0 Å². The van der Waals surface area contributed by atoms with Crippen LogP contribution < -0.4 is 24.3 Å². The first-order valence-electron chi connectivity index (χ1n) is 19.5. The molecule has 0 aliphatic carbocycles. The normalized spacial score (nSPS) is 30.0. The maximum Gasteiger partial charge on any atom is 0.331 e. The van der Waals surface area contributed by atoms with Gasteiger partial charge in [-0.25, -0.2) is 4.79 Å². The van der Waals surface area contributed by atoms with Crippen LogP contribution in [0.5, 0.6) is 28.7 Å². The summed E-state index contributed by atoms with van der Waals surface area (Å²) in [6.45, 7) is 7.07. The standard InChI is InChI=1S/C43H44N4O10S/c1-19-11-25-28(34(50)35(19)52-5)32-33-40(58-6)30-29(39-37(54-18-55-39)20(2)36(30)56-21(3)49)26(47(33)43(16-44)15-42(25,4)46(32)17-43)14-53-41(51)31-38-24(12-22(13-48)45-31)23-9-7-8-10-27(23)57-38/h7-11,22,26,31-33,40,45,48,50H,12-15,17-18H2,1-6H3/t22-,26-,31+,32-,33?,40+,42?,43-/m0/s1. The highest BCUT2D eigenvalue weighted by atomic mass is 32.2. The van der Waals surface area contributed by atoms with Gasteiger partial charge in [-0.2, -0.15) is 17.0 Å². The number of nitrogens with zero attached hydrogens (tertiary/aromatic N) is 3. The van der Waals surface area contributed by atoms with Gasteiger partial charge in [-0.1, -0.05) is 18.2 Å². The number of furan rings is 1. The SMILES string of the molecule is COc1c(C)cc2c(c1O)[C@H]1C3[C@H](SC)c4c(OC(C)=O)c(C)c5c(c4[C@H](COC(=O)[C@@H]4N[C@H](CO)Cc6c4oc4ccccc64)N3[C@@]3(C#N)CN1C2(C)C3)OCO5. The summed E-state index contributed by atoms with van der Waals surface area (Å²) in [5.74, 6) is 0.951. The number of aryl methyl sites for hydroxylation is 1. The molecule has 3 aromatic carbocycles. The number of fused-ring (bicyclic) bond motifs is 13. The molecule has 7 heterocycles. The number of ether oxygens (including phenoxy) is 5. The highest BCUT2D eigenvalue weighted by Crippen LogP contribution is 2.70. The van der Waals surface area contributed by atoms with Crippen molar-refractivity contribution in [2.24, 2.45) is 0 Å². The molecule has 3 N–H and O–H groups in total. The van der Waals surface area contributed by atoms with E-state index in [2.05, 4.69) is 34.2 Å². The van der Waals surface area contributed by atoms with Crippen LogP contribution in [0.2, 0.25) is 0 Å². The number of carbonyl (C=O) groups excluding carboxylic acids is 2. The molecule has 4 aromatic rings. The molecule has 6 aliphatic rings. The lowest BCUT2D eigenvalue weighted by Crippen LogP contribution is -2.66.